The SMILES string of the molecule is O=C(NC(=O)C(F)(F)F)Nc1cc(F)ccc1F. The van der Waals surface area contributed by atoms with E-state index in [1.54, 1.807) is 5.32 Å². The maximum Gasteiger partial charge on any atom is 0.471 e. The molecule has 0 heterocycles. The van der Waals surface area contributed by atoms with Gasteiger partial charge in [0, 0.05) is 6.07 Å². The summed E-state index contributed by atoms with van der Waals surface area (Å²) in [6.45, 7) is 0. The zero-order valence-electron chi connectivity index (χ0n) is 8.44. The van der Waals surface area contributed by atoms with Gasteiger partial charge in [-0.25, -0.2) is 13.6 Å². The van der Waals surface area contributed by atoms with Crippen molar-refractivity contribution >= 4 is 17.6 Å². The Kier molecular flexibility index (Phi) is 3.84. The lowest BCUT2D eigenvalue weighted by atomic mass is 10.3. The monoisotopic (exact) mass is 268 g/mol. The molecule has 98 valence electrons. The summed E-state index contributed by atoms with van der Waals surface area (Å²) in [7, 11) is 0. The van der Waals surface area contributed by atoms with E-state index in [9.17, 15) is 31.5 Å². The molecule has 0 unspecified atom stereocenters. The van der Waals surface area contributed by atoms with Gasteiger partial charge in [-0.05, 0) is 12.1 Å². The summed E-state index contributed by atoms with van der Waals surface area (Å²) < 4.78 is 60.9. The van der Waals surface area contributed by atoms with Crippen LogP contribution in [-0.2, 0) is 4.79 Å². The highest BCUT2D eigenvalue weighted by Crippen LogP contribution is 2.16. The molecule has 0 spiro atoms. The van der Waals surface area contributed by atoms with Crippen LogP contribution in [0.5, 0.6) is 0 Å². The smallest absolute Gasteiger partial charge is 0.305 e. The third-order valence-electron chi connectivity index (χ3n) is 1.66. The second-order valence-electron chi connectivity index (χ2n) is 3.03. The highest BCUT2D eigenvalue weighted by molar-refractivity contribution is 6.02. The molecular formula is C9H5F5N2O2. The molecule has 1 aromatic carbocycles. The average Bonchev–Trinajstić information content (AvgIpc) is 2.22. The van der Waals surface area contributed by atoms with E-state index >= 15 is 0 Å². The highest BCUT2D eigenvalue weighted by Gasteiger charge is 2.39. The van der Waals surface area contributed by atoms with Crippen molar-refractivity contribution < 1.29 is 31.5 Å². The zero-order chi connectivity index (χ0) is 13.9. The molecule has 0 aliphatic carbocycles. The Labute approximate surface area is 96.8 Å². The Hall–Kier alpha value is -2.19. The Morgan fingerprint density at radius 3 is 2.28 bits per heavy atom. The molecule has 1 aromatic rings. The number of imide groups is 1. The van der Waals surface area contributed by atoms with E-state index in [0.717, 1.165) is 11.4 Å². The molecule has 0 saturated heterocycles. The molecular weight excluding hydrogens is 263 g/mol. The number of benzene rings is 1. The molecule has 0 bridgehead atoms. The summed E-state index contributed by atoms with van der Waals surface area (Å²) >= 11 is 0. The number of amides is 3. The highest BCUT2D eigenvalue weighted by atomic mass is 19.4. The fraction of sp³-hybridized carbons (Fsp3) is 0.111. The van der Waals surface area contributed by atoms with E-state index in [1.807, 2.05) is 0 Å². The predicted molar refractivity (Wildman–Crippen MR) is 49.6 cm³/mol. The Morgan fingerprint density at radius 2 is 1.72 bits per heavy atom. The maximum absolute atomic E-state index is 13.0. The van der Waals surface area contributed by atoms with Gasteiger partial charge in [0.1, 0.15) is 11.6 Å². The lowest BCUT2D eigenvalue weighted by Gasteiger charge is -2.09. The number of carbonyl (C=O) groups is 2. The Balaban J connectivity index is 2.71. The minimum absolute atomic E-state index is 0.549. The van der Waals surface area contributed by atoms with Crippen molar-refractivity contribution in [1.82, 2.24) is 5.32 Å². The minimum atomic E-state index is -5.25. The fourth-order valence-electron chi connectivity index (χ4n) is 0.921. The first-order valence-corrected chi connectivity index (χ1v) is 4.34. The molecule has 0 radical (unpaired) electrons. The summed E-state index contributed by atoms with van der Waals surface area (Å²) in [5.41, 5.74) is -0.692. The summed E-state index contributed by atoms with van der Waals surface area (Å²) in [5, 5.41) is 2.48. The molecule has 0 atom stereocenters. The van der Waals surface area contributed by atoms with Crippen LogP contribution in [0.2, 0.25) is 0 Å². The van der Waals surface area contributed by atoms with E-state index in [2.05, 4.69) is 0 Å². The fourth-order valence-corrected chi connectivity index (χ4v) is 0.921. The maximum atomic E-state index is 13.0. The molecule has 3 amide bonds. The molecule has 4 nitrogen and oxygen atoms in total. The predicted octanol–water partition coefficient (Wildman–Crippen LogP) is 2.18. The van der Waals surface area contributed by atoms with Gasteiger partial charge in [-0.1, -0.05) is 0 Å². The lowest BCUT2D eigenvalue weighted by Crippen LogP contribution is -2.42. The van der Waals surface area contributed by atoms with Crippen LogP contribution in [-0.4, -0.2) is 18.1 Å². The van der Waals surface area contributed by atoms with E-state index in [0.29, 0.717) is 12.1 Å². The average molecular weight is 268 g/mol. The third kappa shape index (κ3) is 3.68. The number of carbonyl (C=O) groups excluding carboxylic acids is 2. The largest absolute Gasteiger partial charge is 0.471 e. The van der Waals surface area contributed by atoms with Gasteiger partial charge >= 0.3 is 18.1 Å². The first kappa shape index (κ1) is 13.9. The summed E-state index contributed by atoms with van der Waals surface area (Å²) in [4.78, 5) is 21.3. The first-order valence-electron chi connectivity index (χ1n) is 4.34. The zero-order valence-corrected chi connectivity index (χ0v) is 8.44. The number of halogens is 5. The van der Waals surface area contributed by atoms with Crippen LogP contribution in [0.25, 0.3) is 0 Å². The summed E-state index contributed by atoms with van der Waals surface area (Å²) in [6, 6.07) is 0.338. The molecule has 0 aliphatic rings. The topological polar surface area (TPSA) is 58.2 Å². The van der Waals surface area contributed by atoms with Crippen LogP contribution in [0.4, 0.5) is 32.4 Å². The van der Waals surface area contributed by atoms with Crippen LogP contribution in [0.15, 0.2) is 18.2 Å². The van der Waals surface area contributed by atoms with Crippen molar-refractivity contribution in [2.75, 3.05) is 5.32 Å². The van der Waals surface area contributed by atoms with Crippen LogP contribution < -0.4 is 10.6 Å². The van der Waals surface area contributed by atoms with Crippen LogP contribution in [0.3, 0.4) is 0 Å². The number of hydrogen-bond acceptors (Lipinski definition) is 2. The van der Waals surface area contributed by atoms with Gasteiger partial charge in [-0.15, -0.1) is 0 Å². The van der Waals surface area contributed by atoms with Crippen molar-refractivity contribution in [3.63, 3.8) is 0 Å². The molecule has 0 saturated carbocycles. The quantitative estimate of drug-likeness (QED) is 0.767. The van der Waals surface area contributed by atoms with E-state index in [-0.39, 0.29) is 0 Å². The van der Waals surface area contributed by atoms with Gasteiger partial charge in [0.2, 0.25) is 0 Å². The van der Waals surface area contributed by atoms with E-state index < -0.39 is 35.4 Å². The molecule has 9 heteroatoms. The van der Waals surface area contributed by atoms with Gasteiger partial charge in [-0.3, -0.25) is 10.1 Å². The minimum Gasteiger partial charge on any atom is -0.305 e. The Bertz CT molecular complexity index is 486. The van der Waals surface area contributed by atoms with Crippen LogP contribution in [0.1, 0.15) is 0 Å². The van der Waals surface area contributed by atoms with Crippen LogP contribution in [0, 0.1) is 11.6 Å². The number of urea groups is 1. The van der Waals surface area contributed by atoms with E-state index in [1.165, 1.54) is 0 Å². The molecule has 1 rings (SSSR count). The number of anilines is 1. The van der Waals surface area contributed by atoms with Gasteiger partial charge in [0.15, 0.2) is 0 Å². The summed E-state index contributed by atoms with van der Waals surface area (Å²) in [5.74, 6) is -4.49. The number of hydrogen-bond donors (Lipinski definition) is 2. The summed E-state index contributed by atoms with van der Waals surface area (Å²) in [6.07, 6.45) is -5.25. The molecule has 2 N–H and O–H groups in total. The number of rotatable bonds is 1. The van der Waals surface area contributed by atoms with Crippen molar-refractivity contribution in [1.29, 1.82) is 0 Å². The van der Waals surface area contributed by atoms with Crippen molar-refractivity contribution in [2.24, 2.45) is 0 Å². The van der Waals surface area contributed by atoms with Gasteiger partial charge in [0.05, 0.1) is 5.69 Å². The van der Waals surface area contributed by atoms with Crippen molar-refractivity contribution in [2.45, 2.75) is 6.18 Å². The first-order chi connectivity index (χ1) is 8.20. The second kappa shape index (κ2) is 4.98. The van der Waals surface area contributed by atoms with Crippen molar-refractivity contribution in [3.8, 4) is 0 Å². The van der Waals surface area contributed by atoms with Gasteiger partial charge < -0.3 is 5.32 Å². The second-order valence-corrected chi connectivity index (χ2v) is 3.03. The van der Waals surface area contributed by atoms with Gasteiger partial charge in [-0.2, -0.15) is 13.2 Å². The lowest BCUT2D eigenvalue weighted by molar-refractivity contribution is -0.172. The molecule has 0 aromatic heterocycles. The van der Waals surface area contributed by atoms with Crippen LogP contribution >= 0.6 is 0 Å². The number of alkyl halides is 3. The van der Waals surface area contributed by atoms with Gasteiger partial charge in [0.25, 0.3) is 0 Å². The molecule has 0 fully saturated rings. The van der Waals surface area contributed by atoms with E-state index in [4.69, 9.17) is 0 Å². The molecule has 18 heavy (non-hydrogen) atoms. The van der Waals surface area contributed by atoms with Crippen molar-refractivity contribution in [3.05, 3.63) is 29.8 Å². The molecule has 0 aliphatic heterocycles. The standard InChI is InChI=1S/C9H5F5N2O2/c10-4-1-2-5(11)6(3-4)15-8(18)16-7(17)9(12,13)14/h1-3H,(H2,15,16,17,18). The Morgan fingerprint density at radius 1 is 1.11 bits per heavy atom. The number of nitrogens with one attached hydrogen (secondary N) is 2. The normalized spacial score (nSPS) is 10.9. The third-order valence-corrected chi connectivity index (χ3v) is 1.66.